The molecular formula is C8H9F3N2O3. The van der Waals surface area contributed by atoms with Crippen LogP contribution in [0.25, 0.3) is 0 Å². The molecule has 0 aromatic carbocycles. The summed E-state index contributed by atoms with van der Waals surface area (Å²) in [5, 5.41) is 0. The van der Waals surface area contributed by atoms with Crippen LogP contribution in [0.15, 0.2) is 0 Å². The van der Waals surface area contributed by atoms with Gasteiger partial charge in [0.05, 0.1) is 21.3 Å². The second kappa shape index (κ2) is 4.42. The smallest absolute Gasteiger partial charge is 0.426 e. The summed E-state index contributed by atoms with van der Waals surface area (Å²) in [6.07, 6.45) is -4.66. The molecular weight excluding hydrogens is 229 g/mol. The number of aromatic nitrogens is 2. The second-order valence-electron chi connectivity index (χ2n) is 2.60. The van der Waals surface area contributed by atoms with Gasteiger partial charge in [-0.25, -0.2) is 0 Å². The molecule has 5 nitrogen and oxygen atoms in total. The van der Waals surface area contributed by atoms with E-state index in [1.807, 2.05) is 0 Å². The summed E-state index contributed by atoms with van der Waals surface area (Å²) < 4.78 is 51.6. The molecule has 0 amide bonds. The third-order valence-corrected chi connectivity index (χ3v) is 1.67. The van der Waals surface area contributed by atoms with E-state index in [1.165, 1.54) is 7.11 Å². The second-order valence-corrected chi connectivity index (χ2v) is 2.60. The van der Waals surface area contributed by atoms with Crippen molar-refractivity contribution in [2.45, 2.75) is 6.18 Å². The van der Waals surface area contributed by atoms with Gasteiger partial charge in [-0.2, -0.15) is 23.1 Å². The number of halogens is 3. The Hall–Kier alpha value is -1.73. The van der Waals surface area contributed by atoms with Crippen molar-refractivity contribution >= 4 is 0 Å². The van der Waals surface area contributed by atoms with E-state index in [2.05, 4.69) is 24.2 Å². The van der Waals surface area contributed by atoms with Crippen LogP contribution in [0.3, 0.4) is 0 Å². The molecule has 1 rings (SSSR count). The van der Waals surface area contributed by atoms with Crippen LogP contribution < -0.4 is 14.2 Å². The number of nitrogens with zero attached hydrogens (tertiary/aromatic N) is 2. The largest absolute Gasteiger partial charge is 0.480 e. The summed E-state index contributed by atoms with van der Waals surface area (Å²) in [5.41, 5.74) is -1.17. The van der Waals surface area contributed by atoms with Gasteiger partial charge in [0.2, 0.25) is 11.8 Å². The molecule has 1 heterocycles. The summed E-state index contributed by atoms with van der Waals surface area (Å²) in [7, 11) is 3.36. The lowest BCUT2D eigenvalue weighted by atomic mass is 10.3. The number of hydrogen-bond donors (Lipinski definition) is 0. The van der Waals surface area contributed by atoms with Crippen LogP contribution in [-0.2, 0) is 6.18 Å². The molecule has 0 fully saturated rings. The van der Waals surface area contributed by atoms with Crippen molar-refractivity contribution in [3.63, 3.8) is 0 Å². The Morgan fingerprint density at radius 2 is 1.31 bits per heavy atom. The number of rotatable bonds is 3. The van der Waals surface area contributed by atoms with Gasteiger partial charge in [-0.3, -0.25) is 0 Å². The molecule has 1 aromatic heterocycles. The zero-order valence-corrected chi connectivity index (χ0v) is 8.75. The third-order valence-electron chi connectivity index (χ3n) is 1.67. The lowest BCUT2D eigenvalue weighted by molar-refractivity contribution is -0.140. The summed E-state index contributed by atoms with van der Waals surface area (Å²) in [6, 6.07) is -0.262. The first-order chi connectivity index (χ1) is 7.43. The topological polar surface area (TPSA) is 53.5 Å². The van der Waals surface area contributed by atoms with Gasteiger partial charge in [0.1, 0.15) is 0 Å². The van der Waals surface area contributed by atoms with Crippen LogP contribution in [0, 0.1) is 0 Å². The minimum absolute atomic E-state index is 0.262. The first-order valence-corrected chi connectivity index (χ1v) is 4.05. The summed E-state index contributed by atoms with van der Waals surface area (Å²) in [5.74, 6) is -1.28. The minimum atomic E-state index is -4.66. The van der Waals surface area contributed by atoms with Crippen LogP contribution in [-0.4, -0.2) is 31.3 Å². The molecule has 0 unspecified atom stereocenters. The molecule has 90 valence electrons. The highest BCUT2D eigenvalue weighted by Gasteiger charge is 2.40. The highest BCUT2D eigenvalue weighted by atomic mass is 19.4. The minimum Gasteiger partial charge on any atom is -0.480 e. The van der Waals surface area contributed by atoms with E-state index in [1.54, 1.807) is 0 Å². The standard InChI is InChI=1S/C8H9F3N2O3/c1-14-5-4(8(9,10)11)6(15-2)13-7(12-5)16-3/h1-3H3. The van der Waals surface area contributed by atoms with Gasteiger partial charge in [0.25, 0.3) is 0 Å². The van der Waals surface area contributed by atoms with Gasteiger partial charge in [-0.05, 0) is 0 Å². The highest BCUT2D eigenvalue weighted by Crippen LogP contribution is 2.41. The van der Waals surface area contributed by atoms with Gasteiger partial charge in [0.15, 0.2) is 5.56 Å². The molecule has 0 aliphatic carbocycles. The maximum Gasteiger partial charge on any atom is 0.426 e. The van der Waals surface area contributed by atoms with Crippen molar-refractivity contribution in [1.82, 2.24) is 9.97 Å². The molecule has 8 heteroatoms. The summed E-state index contributed by atoms with van der Waals surface area (Å²) in [4.78, 5) is 6.86. The van der Waals surface area contributed by atoms with Crippen LogP contribution in [0.5, 0.6) is 17.8 Å². The molecule has 16 heavy (non-hydrogen) atoms. The van der Waals surface area contributed by atoms with Gasteiger partial charge in [-0.15, -0.1) is 0 Å². The average molecular weight is 238 g/mol. The number of ether oxygens (including phenoxy) is 3. The predicted octanol–water partition coefficient (Wildman–Crippen LogP) is 1.52. The Morgan fingerprint density at radius 1 is 0.875 bits per heavy atom. The monoisotopic (exact) mass is 238 g/mol. The van der Waals surface area contributed by atoms with Crippen LogP contribution >= 0.6 is 0 Å². The molecule has 0 aliphatic rings. The fourth-order valence-electron chi connectivity index (χ4n) is 1.03. The van der Waals surface area contributed by atoms with Gasteiger partial charge >= 0.3 is 12.2 Å². The average Bonchev–Trinajstić information content (AvgIpc) is 2.25. The molecule has 0 aliphatic heterocycles. The predicted molar refractivity (Wildman–Crippen MR) is 46.7 cm³/mol. The quantitative estimate of drug-likeness (QED) is 0.799. The van der Waals surface area contributed by atoms with Crippen LogP contribution in [0.4, 0.5) is 13.2 Å². The van der Waals surface area contributed by atoms with Crippen LogP contribution in [0.1, 0.15) is 5.56 Å². The van der Waals surface area contributed by atoms with Crippen molar-refractivity contribution in [2.24, 2.45) is 0 Å². The lowest BCUT2D eigenvalue weighted by Crippen LogP contribution is -2.13. The SMILES string of the molecule is COc1nc(OC)c(C(F)(F)F)c(OC)n1. The van der Waals surface area contributed by atoms with E-state index in [9.17, 15) is 13.2 Å². The zero-order valence-electron chi connectivity index (χ0n) is 8.75. The lowest BCUT2D eigenvalue weighted by Gasteiger charge is -2.14. The van der Waals surface area contributed by atoms with E-state index in [-0.39, 0.29) is 6.01 Å². The van der Waals surface area contributed by atoms with E-state index >= 15 is 0 Å². The van der Waals surface area contributed by atoms with Crippen molar-refractivity contribution < 1.29 is 27.4 Å². The fraction of sp³-hybridized carbons (Fsp3) is 0.500. The zero-order chi connectivity index (χ0) is 12.3. The normalized spacial score (nSPS) is 11.1. The van der Waals surface area contributed by atoms with Crippen molar-refractivity contribution in [3.05, 3.63) is 5.56 Å². The fourth-order valence-corrected chi connectivity index (χ4v) is 1.03. The van der Waals surface area contributed by atoms with Crippen molar-refractivity contribution in [3.8, 4) is 17.8 Å². The highest BCUT2D eigenvalue weighted by molar-refractivity contribution is 5.39. The van der Waals surface area contributed by atoms with Gasteiger partial charge < -0.3 is 14.2 Å². The third kappa shape index (κ3) is 2.26. The van der Waals surface area contributed by atoms with Gasteiger partial charge in [-0.1, -0.05) is 0 Å². The summed E-state index contributed by atoms with van der Waals surface area (Å²) in [6.45, 7) is 0. The maximum absolute atomic E-state index is 12.6. The number of hydrogen-bond acceptors (Lipinski definition) is 5. The molecule has 0 atom stereocenters. The molecule has 0 saturated carbocycles. The molecule has 0 N–H and O–H groups in total. The Morgan fingerprint density at radius 3 is 1.56 bits per heavy atom. The van der Waals surface area contributed by atoms with Crippen molar-refractivity contribution in [1.29, 1.82) is 0 Å². The molecule has 0 spiro atoms. The molecule has 1 aromatic rings. The first kappa shape index (κ1) is 12.3. The van der Waals surface area contributed by atoms with E-state index in [0.717, 1.165) is 14.2 Å². The van der Waals surface area contributed by atoms with E-state index in [0.29, 0.717) is 0 Å². The first-order valence-electron chi connectivity index (χ1n) is 4.05. The van der Waals surface area contributed by atoms with Crippen molar-refractivity contribution in [2.75, 3.05) is 21.3 Å². The molecule has 0 saturated heterocycles. The van der Waals surface area contributed by atoms with Crippen LogP contribution in [0.2, 0.25) is 0 Å². The van der Waals surface area contributed by atoms with E-state index in [4.69, 9.17) is 0 Å². The van der Waals surface area contributed by atoms with Gasteiger partial charge in [0, 0.05) is 0 Å². The summed E-state index contributed by atoms with van der Waals surface area (Å²) >= 11 is 0. The Bertz CT molecular complexity index is 356. The van der Waals surface area contributed by atoms with E-state index < -0.39 is 23.5 Å². The number of alkyl halides is 3. The maximum atomic E-state index is 12.6. The molecule has 0 radical (unpaired) electrons. The molecule has 0 bridgehead atoms. The Balaban J connectivity index is 3.44. The Labute approximate surface area is 89.2 Å². The Kier molecular flexibility index (Phi) is 3.41. The number of methoxy groups -OCH3 is 3.